The van der Waals surface area contributed by atoms with Crippen molar-refractivity contribution in [1.29, 1.82) is 5.26 Å². The van der Waals surface area contributed by atoms with Crippen LogP contribution in [-0.2, 0) is 9.53 Å². The number of rotatable bonds is 6. The average molecular weight is 515 g/mol. The first-order chi connectivity index (χ1) is 17.8. The lowest BCUT2D eigenvalue weighted by molar-refractivity contribution is -0.122. The molecule has 2 atom stereocenters. The van der Waals surface area contributed by atoms with Gasteiger partial charge in [0.2, 0.25) is 17.8 Å². The van der Waals surface area contributed by atoms with Gasteiger partial charge in [-0.3, -0.25) is 9.36 Å². The molecule has 3 heterocycles. The molecular formula is C24H25F3N8O2. The molecule has 1 saturated carbocycles. The number of hydrogen-bond donors (Lipinski definition) is 3. The van der Waals surface area contributed by atoms with E-state index >= 15 is 0 Å². The molecule has 2 fully saturated rings. The second kappa shape index (κ2) is 10.2. The summed E-state index contributed by atoms with van der Waals surface area (Å²) in [6, 6.07) is 2.85. The zero-order valence-electron chi connectivity index (χ0n) is 19.8. The van der Waals surface area contributed by atoms with Crippen LogP contribution in [0.4, 0.5) is 30.8 Å². The number of nitrogens with one attached hydrogen (secondary N) is 2. The second-order valence-corrected chi connectivity index (χ2v) is 9.30. The van der Waals surface area contributed by atoms with Crippen molar-refractivity contribution in [3.8, 4) is 6.07 Å². The zero-order chi connectivity index (χ0) is 26.1. The van der Waals surface area contributed by atoms with Crippen molar-refractivity contribution in [3.63, 3.8) is 0 Å². The van der Waals surface area contributed by atoms with E-state index in [1.165, 1.54) is 6.20 Å². The number of aromatic nitrogens is 4. The van der Waals surface area contributed by atoms with Gasteiger partial charge < -0.3 is 21.1 Å². The molecule has 2 aromatic heterocycles. The van der Waals surface area contributed by atoms with Gasteiger partial charge in [-0.25, -0.2) is 23.1 Å². The average Bonchev–Trinajstić information content (AvgIpc) is 3.24. The Bertz CT molecular complexity index is 1340. The number of benzene rings is 1. The first-order valence-corrected chi connectivity index (χ1v) is 12.0. The number of alkyl halides is 1. The van der Waals surface area contributed by atoms with Crippen molar-refractivity contribution >= 4 is 34.7 Å². The second-order valence-electron chi connectivity index (χ2n) is 9.30. The molecule has 37 heavy (non-hydrogen) atoms. The number of hydrogen-bond acceptors (Lipinski definition) is 8. The van der Waals surface area contributed by atoms with Crippen LogP contribution in [0.2, 0.25) is 0 Å². The number of halogens is 3. The maximum atomic E-state index is 14.7. The molecule has 194 valence electrons. The topological polar surface area (TPSA) is 144 Å². The minimum atomic E-state index is -1.22. The first-order valence-electron chi connectivity index (χ1n) is 12.0. The van der Waals surface area contributed by atoms with Crippen molar-refractivity contribution in [2.24, 2.45) is 11.7 Å². The molecule has 0 unspecified atom stereocenters. The fourth-order valence-electron chi connectivity index (χ4n) is 4.91. The van der Waals surface area contributed by atoms with Crippen molar-refractivity contribution < 1.29 is 22.7 Å². The Labute approximate surface area is 210 Å². The maximum Gasteiger partial charge on any atom is 0.225 e. The Kier molecular flexibility index (Phi) is 6.84. The van der Waals surface area contributed by atoms with Crippen molar-refractivity contribution in [2.45, 2.75) is 50.4 Å². The molecule has 1 aromatic carbocycles. The smallest absolute Gasteiger partial charge is 0.225 e. The van der Waals surface area contributed by atoms with Gasteiger partial charge in [-0.1, -0.05) is 0 Å². The predicted molar refractivity (Wildman–Crippen MR) is 128 cm³/mol. The number of carbonyl (C=O) groups excluding carboxylic acids is 1. The number of carbonyl (C=O) groups is 1. The quantitative estimate of drug-likeness (QED) is 0.454. The van der Waals surface area contributed by atoms with Gasteiger partial charge in [-0.05, 0) is 44.2 Å². The van der Waals surface area contributed by atoms with E-state index in [2.05, 4.69) is 25.6 Å². The van der Waals surface area contributed by atoms with Crippen molar-refractivity contribution in [2.75, 3.05) is 23.8 Å². The lowest BCUT2D eigenvalue weighted by Gasteiger charge is -2.29. The highest BCUT2D eigenvalue weighted by Gasteiger charge is 2.30. The number of imidazole rings is 1. The molecule has 10 nitrogen and oxygen atoms in total. The van der Waals surface area contributed by atoms with Gasteiger partial charge in [0, 0.05) is 18.6 Å². The van der Waals surface area contributed by atoms with E-state index in [1.54, 1.807) is 10.6 Å². The van der Waals surface area contributed by atoms with Crippen LogP contribution in [0.25, 0.3) is 11.2 Å². The Balaban J connectivity index is 1.53. The Morgan fingerprint density at radius 2 is 1.89 bits per heavy atom. The summed E-state index contributed by atoms with van der Waals surface area (Å²) < 4.78 is 50.6. The third-order valence-corrected chi connectivity index (χ3v) is 6.91. The van der Waals surface area contributed by atoms with Gasteiger partial charge in [0.15, 0.2) is 17.3 Å². The Morgan fingerprint density at radius 3 is 2.54 bits per heavy atom. The third kappa shape index (κ3) is 5.01. The normalized spacial score (nSPS) is 23.9. The molecule has 0 spiro atoms. The van der Waals surface area contributed by atoms with Gasteiger partial charge in [-0.2, -0.15) is 10.2 Å². The van der Waals surface area contributed by atoms with Gasteiger partial charge in [0.05, 0.1) is 30.5 Å². The van der Waals surface area contributed by atoms with Crippen LogP contribution < -0.4 is 16.4 Å². The third-order valence-electron chi connectivity index (χ3n) is 6.91. The van der Waals surface area contributed by atoms with E-state index in [9.17, 15) is 18.0 Å². The van der Waals surface area contributed by atoms with Crippen LogP contribution in [-0.4, -0.2) is 50.9 Å². The summed E-state index contributed by atoms with van der Waals surface area (Å²) >= 11 is 0. The molecule has 1 aliphatic carbocycles. The summed E-state index contributed by atoms with van der Waals surface area (Å²) in [5.74, 6) is -2.20. The van der Waals surface area contributed by atoms with E-state index in [4.69, 9.17) is 15.7 Å². The molecule has 1 amide bonds. The molecule has 4 N–H and O–H groups in total. The number of primary amides is 1. The molecule has 1 saturated heterocycles. The van der Waals surface area contributed by atoms with E-state index in [0.717, 1.165) is 12.1 Å². The van der Waals surface area contributed by atoms with Crippen LogP contribution in [0.3, 0.4) is 0 Å². The molecule has 13 heteroatoms. The summed E-state index contributed by atoms with van der Waals surface area (Å²) in [7, 11) is 0. The fraction of sp³-hybridized carbons (Fsp3) is 0.458. The standard InChI is InChI=1S/C24H25F3N8O2/c25-15-7-12(9-28)8-16(26)20(15)33-24-32-19-10-30-23(31-18-5-6-37-11-17(18)27)34-22(19)35(24)14-3-1-13(2-4-14)21(29)36/h7-8,10,13-14,17-18H,1-6,11H2,(H2,29,36)(H,32,33)(H,30,31,34)/t13-,14-,17-,18+/m1/s1. The van der Waals surface area contributed by atoms with E-state index in [0.29, 0.717) is 49.9 Å². The van der Waals surface area contributed by atoms with E-state index in [1.807, 2.05) is 0 Å². The molecule has 3 aromatic rings. The number of nitrogens with two attached hydrogens (primary N) is 1. The molecular weight excluding hydrogens is 489 g/mol. The lowest BCUT2D eigenvalue weighted by atomic mass is 9.85. The minimum absolute atomic E-state index is 0.0171. The molecule has 2 aliphatic rings. The van der Waals surface area contributed by atoms with Crippen LogP contribution in [0.1, 0.15) is 43.7 Å². The molecule has 1 aliphatic heterocycles. The highest BCUT2D eigenvalue weighted by atomic mass is 19.1. The van der Waals surface area contributed by atoms with Gasteiger partial charge in [0.25, 0.3) is 0 Å². The van der Waals surface area contributed by atoms with Crippen LogP contribution >= 0.6 is 0 Å². The number of nitrogens with zero attached hydrogens (tertiary/aromatic N) is 5. The summed E-state index contributed by atoms with van der Waals surface area (Å²) in [6.07, 6.45) is 2.89. The summed E-state index contributed by atoms with van der Waals surface area (Å²) in [5.41, 5.74) is 5.62. The SMILES string of the molecule is N#Cc1cc(F)c(Nc2nc3cnc(N[C@H]4CCOC[C@H]4F)nc3n2[C@H]2CC[C@H](C(N)=O)CC2)c(F)c1. The fourth-order valence-corrected chi connectivity index (χ4v) is 4.91. The minimum Gasteiger partial charge on any atom is -0.378 e. The first kappa shape index (κ1) is 24.8. The lowest BCUT2D eigenvalue weighted by Crippen LogP contribution is -2.39. The Morgan fingerprint density at radius 1 is 1.16 bits per heavy atom. The number of ether oxygens (including phenoxy) is 1. The summed E-state index contributed by atoms with van der Waals surface area (Å²) in [6.45, 7) is 0.397. The summed E-state index contributed by atoms with van der Waals surface area (Å²) in [4.78, 5) is 25.0. The number of nitriles is 1. The highest BCUT2D eigenvalue weighted by Crippen LogP contribution is 2.37. The largest absolute Gasteiger partial charge is 0.378 e. The van der Waals surface area contributed by atoms with Crippen LogP contribution in [0.15, 0.2) is 18.3 Å². The molecule has 0 bridgehead atoms. The van der Waals surface area contributed by atoms with E-state index in [-0.39, 0.29) is 41.9 Å². The zero-order valence-corrected chi connectivity index (χ0v) is 19.8. The number of amides is 1. The summed E-state index contributed by atoms with van der Waals surface area (Å²) in [5, 5.41) is 14.7. The van der Waals surface area contributed by atoms with Crippen molar-refractivity contribution in [3.05, 3.63) is 35.5 Å². The van der Waals surface area contributed by atoms with Gasteiger partial charge >= 0.3 is 0 Å². The van der Waals surface area contributed by atoms with Crippen LogP contribution in [0, 0.1) is 28.9 Å². The van der Waals surface area contributed by atoms with Gasteiger partial charge in [0.1, 0.15) is 17.4 Å². The molecule has 0 radical (unpaired) electrons. The molecule has 5 rings (SSSR count). The number of anilines is 3. The Hall–Kier alpha value is -3.92. The van der Waals surface area contributed by atoms with Crippen molar-refractivity contribution in [1.82, 2.24) is 19.5 Å². The predicted octanol–water partition coefficient (Wildman–Crippen LogP) is 3.48. The van der Waals surface area contributed by atoms with Gasteiger partial charge in [-0.15, -0.1) is 0 Å². The number of fused-ring (bicyclic) bond motifs is 1. The maximum absolute atomic E-state index is 14.7. The van der Waals surface area contributed by atoms with Crippen LogP contribution in [0.5, 0.6) is 0 Å². The highest BCUT2D eigenvalue weighted by molar-refractivity contribution is 5.78. The van der Waals surface area contributed by atoms with E-state index < -0.39 is 29.5 Å². The monoisotopic (exact) mass is 514 g/mol.